The first kappa shape index (κ1) is 21.2. The minimum atomic E-state index is -0.876. The van der Waals surface area contributed by atoms with Gasteiger partial charge in [0.2, 0.25) is 0 Å². The van der Waals surface area contributed by atoms with Crippen molar-refractivity contribution in [2.75, 3.05) is 6.54 Å². The molecule has 6 nitrogen and oxygen atoms in total. The van der Waals surface area contributed by atoms with Crippen molar-refractivity contribution < 1.29 is 14.7 Å². The van der Waals surface area contributed by atoms with E-state index < -0.39 is 5.97 Å². The average molecular weight is 425 g/mol. The van der Waals surface area contributed by atoms with E-state index in [4.69, 9.17) is 5.11 Å². The lowest BCUT2D eigenvalue weighted by Gasteiger charge is -2.10. The molecule has 0 bridgehead atoms. The first-order valence-corrected chi connectivity index (χ1v) is 10.4. The van der Waals surface area contributed by atoms with Crippen molar-refractivity contribution in [1.82, 2.24) is 15.3 Å². The van der Waals surface area contributed by atoms with Crippen molar-refractivity contribution in [2.24, 2.45) is 0 Å². The summed E-state index contributed by atoms with van der Waals surface area (Å²) in [7, 11) is 0. The number of benzene rings is 2. The number of carboxylic acid groups (broad SMARTS) is 1. The number of pyridine rings is 2. The highest BCUT2D eigenvalue weighted by molar-refractivity contribution is 5.94. The highest BCUT2D eigenvalue weighted by Gasteiger charge is 2.11. The van der Waals surface area contributed by atoms with Crippen LogP contribution in [-0.4, -0.2) is 33.5 Å². The molecular weight excluding hydrogens is 402 g/mol. The lowest BCUT2D eigenvalue weighted by molar-refractivity contribution is -0.136. The number of carbonyl (C=O) groups excluding carboxylic acids is 1. The summed E-state index contributed by atoms with van der Waals surface area (Å²) >= 11 is 0. The molecule has 0 aliphatic rings. The summed E-state index contributed by atoms with van der Waals surface area (Å²) in [5.41, 5.74) is 4.35. The second-order valence-corrected chi connectivity index (χ2v) is 7.58. The highest BCUT2D eigenvalue weighted by Crippen LogP contribution is 2.23. The maximum atomic E-state index is 12.4. The predicted molar refractivity (Wildman–Crippen MR) is 123 cm³/mol. The second-order valence-electron chi connectivity index (χ2n) is 7.58. The van der Waals surface area contributed by atoms with Gasteiger partial charge in [-0.2, -0.15) is 0 Å². The lowest BCUT2D eigenvalue weighted by Crippen LogP contribution is -2.25. The van der Waals surface area contributed by atoms with Gasteiger partial charge >= 0.3 is 5.97 Å². The molecule has 1 amide bonds. The van der Waals surface area contributed by atoms with Crippen molar-refractivity contribution >= 4 is 22.6 Å². The minimum Gasteiger partial charge on any atom is -0.481 e. The number of fused-ring (bicyclic) bond motifs is 1. The maximum absolute atomic E-state index is 12.4. The van der Waals surface area contributed by atoms with Crippen LogP contribution in [0.25, 0.3) is 10.8 Å². The van der Waals surface area contributed by atoms with E-state index in [1.807, 2.05) is 60.7 Å². The lowest BCUT2D eigenvalue weighted by atomic mass is 9.99. The molecule has 0 atom stereocenters. The maximum Gasteiger partial charge on any atom is 0.307 e. The molecule has 4 rings (SSSR count). The Morgan fingerprint density at radius 2 is 1.59 bits per heavy atom. The fourth-order valence-electron chi connectivity index (χ4n) is 3.69. The summed E-state index contributed by atoms with van der Waals surface area (Å²) in [5.74, 6) is -0.980. The number of carbonyl (C=O) groups is 2. The van der Waals surface area contributed by atoms with E-state index in [2.05, 4.69) is 15.3 Å². The van der Waals surface area contributed by atoms with Gasteiger partial charge in [0.25, 0.3) is 5.91 Å². The summed E-state index contributed by atoms with van der Waals surface area (Å²) < 4.78 is 0. The van der Waals surface area contributed by atoms with Gasteiger partial charge in [-0.05, 0) is 52.8 Å². The number of carboxylic acids is 1. The van der Waals surface area contributed by atoms with Gasteiger partial charge in [-0.3, -0.25) is 19.6 Å². The quantitative estimate of drug-likeness (QED) is 0.448. The van der Waals surface area contributed by atoms with Gasteiger partial charge in [0.05, 0.1) is 12.1 Å². The van der Waals surface area contributed by atoms with Crippen LogP contribution in [0.4, 0.5) is 0 Å². The fourth-order valence-corrected chi connectivity index (χ4v) is 3.69. The van der Waals surface area contributed by atoms with E-state index in [9.17, 15) is 9.59 Å². The van der Waals surface area contributed by atoms with Crippen LogP contribution < -0.4 is 5.32 Å². The van der Waals surface area contributed by atoms with Crippen LogP contribution in [0.3, 0.4) is 0 Å². The SMILES string of the molecule is O=C(O)Cc1cnc(Cc2ccc(C(=O)NCCc3ccncc3)cc2)c2ccccc12. The standard InChI is InChI=1S/C26H23N3O3/c30-25(31)16-21-17-29-24(23-4-2-1-3-22(21)23)15-19-5-7-20(8-6-19)26(32)28-14-11-18-9-12-27-13-10-18/h1-10,12-13,17H,11,14-16H2,(H,28,32)(H,30,31). The Morgan fingerprint density at radius 1 is 0.875 bits per heavy atom. The van der Waals surface area contributed by atoms with Crippen molar-refractivity contribution in [2.45, 2.75) is 19.3 Å². The number of hydrogen-bond acceptors (Lipinski definition) is 4. The zero-order chi connectivity index (χ0) is 22.3. The molecular formula is C26H23N3O3. The van der Waals surface area contributed by atoms with Crippen molar-refractivity contribution in [3.8, 4) is 0 Å². The van der Waals surface area contributed by atoms with Crippen LogP contribution >= 0.6 is 0 Å². The summed E-state index contributed by atoms with van der Waals surface area (Å²) in [6.45, 7) is 0.559. The third-order valence-electron chi connectivity index (χ3n) is 5.34. The Morgan fingerprint density at radius 3 is 2.31 bits per heavy atom. The monoisotopic (exact) mass is 425 g/mol. The van der Waals surface area contributed by atoms with Gasteiger partial charge in [0.15, 0.2) is 0 Å². The van der Waals surface area contributed by atoms with Crippen LogP contribution in [0, 0.1) is 0 Å². The third-order valence-corrected chi connectivity index (χ3v) is 5.34. The molecule has 0 radical (unpaired) electrons. The third kappa shape index (κ3) is 5.16. The number of hydrogen-bond donors (Lipinski definition) is 2. The summed E-state index contributed by atoms with van der Waals surface area (Å²) in [5, 5.41) is 13.9. The Balaban J connectivity index is 1.43. The topological polar surface area (TPSA) is 92.2 Å². The van der Waals surface area contributed by atoms with Gasteiger partial charge in [-0.15, -0.1) is 0 Å². The molecule has 2 aromatic heterocycles. The molecule has 2 aromatic carbocycles. The molecule has 4 aromatic rings. The molecule has 0 unspecified atom stereocenters. The Bertz CT molecular complexity index is 1240. The Kier molecular flexibility index (Phi) is 6.51. The predicted octanol–water partition coefficient (Wildman–Crippen LogP) is 3.82. The number of aromatic nitrogens is 2. The molecule has 0 saturated heterocycles. The molecule has 160 valence electrons. The smallest absolute Gasteiger partial charge is 0.307 e. The normalized spacial score (nSPS) is 10.8. The second kappa shape index (κ2) is 9.83. The zero-order valence-corrected chi connectivity index (χ0v) is 17.5. The fraction of sp³-hybridized carbons (Fsp3) is 0.154. The van der Waals surface area contributed by atoms with Crippen molar-refractivity contribution in [1.29, 1.82) is 0 Å². The molecule has 0 spiro atoms. The van der Waals surface area contributed by atoms with Crippen LogP contribution in [0.5, 0.6) is 0 Å². The first-order chi connectivity index (χ1) is 15.6. The van der Waals surface area contributed by atoms with E-state index >= 15 is 0 Å². The van der Waals surface area contributed by atoms with Gasteiger partial charge in [-0.25, -0.2) is 0 Å². The summed E-state index contributed by atoms with van der Waals surface area (Å²) in [6.07, 6.45) is 6.43. The molecule has 2 N–H and O–H groups in total. The summed E-state index contributed by atoms with van der Waals surface area (Å²) in [4.78, 5) is 32.1. The molecule has 6 heteroatoms. The van der Waals surface area contributed by atoms with Crippen molar-refractivity contribution in [3.05, 3.63) is 107 Å². The van der Waals surface area contributed by atoms with Gasteiger partial charge in [0, 0.05) is 42.5 Å². The van der Waals surface area contributed by atoms with Crippen LogP contribution in [0.15, 0.2) is 79.3 Å². The largest absolute Gasteiger partial charge is 0.481 e. The van der Waals surface area contributed by atoms with E-state index in [1.165, 1.54) is 0 Å². The molecule has 0 fully saturated rings. The number of amides is 1. The van der Waals surface area contributed by atoms with Crippen LogP contribution in [-0.2, 0) is 24.1 Å². The number of nitrogens with zero attached hydrogens (tertiary/aromatic N) is 2. The van der Waals surface area contributed by atoms with E-state index in [1.54, 1.807) is 18.6 Å². The minimum absolute atomic E-state index is 0.0568. The van der Waals surface area contributed by atoms with E-state index in [-0.39, 0.29) is 12.3 Å². The van der Waals surface area contributed by atoms with Gasteiger partial charge in [0.1, 0.15) is 0 Å². The highest BCUT2D eigenvalue weighted by atomic mass is 16.4. The number of aliphatic carboxylic acids is 1. The molecule has 0 aliphatic carbocycles. The molecule has 0 saturated carbocycles. The zero-order valence-electron chi connectivity index (χ0n) is 17.5. The van der Waals surface area contributed by atoms with E-state index in [0.29, 0.717) is 24.1 Å². The Labute approximate surface area is 186 Å². The first-order valence-electron chi connectivity index (χ1n) is 10.4. The van der Waals surface area contributed by atoms with Crippen LogP contribution in [0.1, 0.15) is 32.7 Å². The van der Waals surface area contributed by atoms with Gasteiger partial charge in [-0.1, -0.05) is 36.4 Å². The van der Waals surface area contributed by atoms with Gasteiger partial charge < -0.3 is 10.4 Å². The molecule has 32 heavy (non-hydrogen) atoms. The molecule has 2 heterocycles. The summed E-state index contributed by atoms with van der Waals surface area (Å²) in [6, 6.07) is 19.1. The van der Waals surface area contributed by atoms with Crippen LogP contribution in [0.2, 0.25) is 0 Å². The number of rotatable bonds is 8. The molecule has 0 aliphatic heterocycles. The van der Waals surface area contributed by atoms with E-state index in [0.717, 1.165) is 34.0 Å². The number of nitrogens with one attached hydrogen (secondary N) is 1. The van der Waals surface area contributed by atoms with Crippen molar-refractivity contribution in [3.63, 3.8) is 0 Å². The Hall–Kier alpha value is -4.06. The average Bonchev–Trinajstić information content (AvgIpc) is 2.81.